The summed E-state index contributed by atoms with van der Waals surface area (Å²) >= 11 is 6.13. The number of anilines is 1. The van der Waals surface area contributed by atoms with Gasteiger partial charge in [0.2, 0.25) is 6.41 Å². The van der Waals surface area contributed by atoms with Crippen LogP contribution in [0.5, 0.6) is 0 Å². The molecule has 10 heteroatoms. The molecule has 2 aliphatic rings. The Morgan fingerprint density at radius 1 is 1.30 bits per heavy atom. The van der Waals surface area contributed by atoms with Gasteiger partial charge in [0, 0.05) is 49.0 Å². The molecular weight excluding hydrogens is 492 g/mol. The molecule has 200 valence electrons. The minimum atomic E-state index is -0.993. The number of aryl methyl sites for hydroxylation is 1. The molecule has 4 rings (SSSR count). The van der Waals surface area contributed by atoms with Crippen molar-refractivity contribution in [3.8, 4) is 0 Å². The molecular formula is C27H37ClN6O3. The van der Waals surface area contributed by atoms with Crippen LogP contribution in [0.25, 0.3) is 0 Å². The van der Waals surface area contributed by atoms with Crippen LogP contribution in [0.2, 0.25) is 5.02 Å². The zero-order valence-corrected chi connectivity index (χ0v) is 22.5. The number of piperazine rings is 1. The summed E-state index contributed by atoms with van der Waals surface area (Å²) in [5.41, 5.74) is 2.57. The molecule has 0 saturated carbocycles. The molecule has 2 amide bonds. The molecule has 1 aromatic heterocycles. The van der Waals surface area contributed by atoms with Crippen LogP contribution in [-0.4, -0.2) is 75.8 Å². The van der Waals surface area contributed by atoms with Crippen LogP contribution in [0.1, 0.15) is 62.3 Å². The first-order valence-corrected chi connectivity index (χ1v) is 13.5. The third-order valence-electron chi connectivity index (χ3n) is 7.74. The molecule has 2 atom stereocenters. The molecule has 2 N–H and O–H groups in total. The summed E-state index contributed by atoms with van der Waals surface area (Å²) in [5, 5.41) is 13.8. The number of hydrogen-bond acceptors (Lipinski definition) is 6. The third-order valence-corrected chi connectivity index (χ3v) is 7.99. The highest BCUT2D eigenvalue weighted by Crippen LogP contribution is 2.40. The quantitative estimate of drug-likeness (QED) is 0.334. The van der Waals surface area contributed by atoms with Gasteiger partial charge in [-0.25, -0.2) is 14.8 Å². The molecule has 0 radical (unpaired) electrons. The van der Waals surface area contributed by atoms with E-state index in [2.05, 4.69) is 33.9 Å². The fourth-order valence-electron chi connectivity index (χ4n) is 5.83. The van der Waals surface area contributed by atoms with E-state index in [1.54, 1.807) is 6.33 Å². The van der Waals surface area contributed by atoms with Crippen molar-refractivity contribution in [2.75, 3.05) is 37.6 Å². The standard InChI is InChI=1S/C27H37ClN6O3/c1-3-4-11-27(34(26(36)37)13-12-29-19-35)17-32(25-24-20(2)5-10-23(24)30-18-31-25)14-15-33(27)16-21-6-8-22(28)9-7-21/h6-9,18-20H,3-5,10-17H2,1-2H3,(H,29,35)(H,36,37). The number of halogens is 1. The molecule has 2 heterocycles. The topological polar surface area (TPSA) is 102 Å². The number of nitrogens with zero attached hydrogens (tertiary/aromatic N) is 5. The van der Waals surface area contributed by atoms with E-state index >= 15 is 0 Å². The average molecular weight is 529 g/mol. The summed E-state index contributed by atoms with van der Waals surface area (Å²) < 4.78 is 0. The number of carbonyl (C=O) groups is 2. The van der Waals surface area contributed by atoms with Gasteiger partial charge < -0.3 is 15.3 Å². The van der Waals surface area contributed by atoms with E-state index in [1.165, 1.54) is 10.5 Å². The molecule has 9 nitrogen and oxygen atoms in total. The van der Waals surface area contributed by atoms with Crippen molar-refractivity contribution < 1.29 is 14.7 Å². The minimum absolute atomic E-state index is 0.195. The first kappa shape index (κ1) is 27.1. The zero-order chi connectivity index (χ0) is 26.4. The lowest BCUT2D eigenvalue weighted by molar-refractivity contribution is -0.110. The lowest BCUT2D eigenvalue weighted by Gasteiger charge is -2.55. The number of benzene rings is 1. The predicted octanol–water partition coefficient (Wildman–Crippen LogP) is 4.11. The van der Waals surface area contributed by atoms with Crippen LogP contribution in [0.3, 0.4) is 0 Å². The average Bonchev–Trinajstić information content (AvgIpc) is 3.28. The minimum Gasteiger partial charge on any atom is -0.465 e. The van der Waals surface area contributed by atoms with Crippen LogP contribution < -0.4 is 10.2 Å². The summed E-state index contributed by atoms with van der Waals surface area (Å²) in [7, 11) is 0. The number of unbranched alkanes of at least 4 members (excludes halogenated alkanes) is 1. The van der Waals surface area contributed by atoms with Crippen LogP contribution in [0, 0.1) is 0 Å². The molecule has 2 unspecified atom stereocenters. The van der Waals surface area contributed by atoms with Crippen molar-refractivity contribution in [1.29, 1.82) is 0 Å². The Morgan fingerprint density at radius 3 is 2.78 bits per heavy atom. The first-order valence-electron chi connectivity index (χ1n) is 13.2. The van der Waals surface area contributed by atoms with Gasteiger partial charge in [0.15, 0.2) is 0 Å². The van der Waals surface area contributed by atoms with Crippen LogP contribution in [0.4, 0.5) is 10.6 Å². The normalized spacial score (nSPS) is 21.5. The van der Waals surface area contributed by atoms with Crippen molar-refractivity contribution in [3.63, 3.8) is 0 Å². The SMILES string of the molecule is CCCCC1(N(CCNC=O)C(=O)O)CN(c2ncnc3c2C(C)CC3)CCN1Cc1ccc(Cl)cc1. The smallest absolute Gasteiger partial charge is 0.408 e. The largest absolute Gasteiger partial charge is 0.465 e. The second-order valence-corrected chi connectivity index (χ2v) is 10.5. The monoisotopic (exact) mass is 528 g/mol. The van der Waals surface area contributed by atoms with Crippen molar-refractivity contribution in [3.05, 3.63) is 52.4 Å². The molecule has 2 aromatic rings. The fourth-order valence-corrected chi connectivity index (χ4v) is 5.96. The number of nitrogens with one attached hydrogen (secondary N) is 1. The van der Waals surface area contributed by atoms with Crippen LogP contribution in [0.15, 0.2) is 30.6 Å². The maximum absolute atomic E-state index is 12.8. The Balaban J connectivity index is 1.76. The summed E-state index contributed by atoms with van der Waals surface area (Å²) in [6, 6.07) is 7.74. The van der Waals surface area contributed by atoms with Gasteiger partial charge in [0.05, 0.1) is 6.54 Å². The van der Waals surface area contributed by atoms with E-state index in [-0.39, 0.29) is 13.1 Å². The number of carbonyl (C=O) groups excluding carboxylic acids is 1. The second-order valence-electron chi connectivity index (χ2n) is 10.1. The summed E-state index contributed by atoms with van der Waals surface area (Å²) in [4.78, 5) is 39.1. The van der Waals surface area contributed by atoms with Gasteiger partial charge in [0.25, 0.3) is 0 Å². The van der Waals surface area contributed by atoms with Gasteiger partial charge in [-0.2, -0.15) is 0 Å². The lowest BCUT2D eigenvalue weighted by atomic mass is 9.93. The van der Waals surface area contributed by atoms with E-state index in [1.807, 2.05) is 24.3 Å². The highest BCUT2D eigenvalue weighted by Gasteiger charge is 2.48. The van der Waals surface area contributed by atoms with Crippen molar-refractivity contribution >= 4 is 29.9 Å². The van der Waals surface area contributed by atoms with E-state index < -0.39 is 11.8 Å². The molecule has 0 spiro atoms. The maximum Gasteiger partial charge on any atom is 0.408 e. The summed E-state index contributed by atoms with van der Waals surface area (Å²) in [6.07, 6.45) is 5.74. The van der Waals surface area contributed by atoms with Gasteiger partial charge in [-0.1, -0.05) is 44.0 Å². The summed E-state index contributed by atoms with van der Waals surface area (Å²) in [5.74, 6) is 1.30. The van der Waals surface area contributed by atoms with Crippen LogP contribution in [-0.2, 0) is 17.8 Å². The Bertz CT molecular complexity index is 1080. The third kappa shape index (κ3) is 5.83. The molecule has 37 heavy (non-hydrogen) atoms. The molecule has 1 saturated heterocycles. The molecule has 1 aromatic carbocycles. The number of rotatable bonds is 11. The molecule has 0 bridgehead atoms. The fraction of sp³-hybridized carbons (Fsp3) is 0.556. The second kappa shape index (κ2) is 12.1. The number of aromatic nitrogens is 2. The van der Waals surface area contributed by atoms with Gasteiger partial charge in [-0.05, 0) is 49.3 Å². The predicted molar refractivity (Wildman–Crippen MR) is 144 cm³/mol. The molecule has 1 aliphatic heterocycles. The first-order chi connectivity index (χ1) is 17.9. The van der Waals surface area contributed by atoms with Gasteiger partial charge in [0.1, 0.15) is 17.8 Å². The maximum atomic E-state index is 12.8. The number of fused-ring (bicyclic) bond motifs is 1. The zero-order valence-electron chi connectivity index (χ0n) is 21.7. The van der Waals surface area contributed by atoms with Crippen molar-refractivity contribution in [2.45, 2.75) is 64.1 Å². The Hall–Kier alpha value is -2.91. The molecule has 1 aliphatic carbocycles. The Labute approximate surface area is 223 Å². The lowest BCUT2D eigenvalue weighted by Crippen LogP contribution is -2.71. The van der Waals surface area contributed by atoms with Crippen LogP contribution >= 0.6 is 11.6 Å². The number of amides is 2. The van der Waals surface area contributed by atoms with E-state index in [4.69, 9.17) is 16.6 Å². The van der Waals surface area contributed by atoms with Gasteiger partial charge in [-0.15, -0.1) is 0 Å². The van der Waals surface area contributed by atoms with Gasteiger partial charge >= 0.3 is 6.09 Å². The van der Waals surface area contributed by atoms with E-state index in [0.717, 1.165) is 49.3 Å². The Kier molecular flexibility index (Phi) is 8.87. The number of hydrogen-bond donors (Lipinski definition) is 2. The summed E-state index contributed by atoms with van der Waals surface area (Å²) in [6.45, 7) is 7.27. The van der Waals surface area contributed by atoms with Gasteiger partial charge in [-0.3, -0.25) is 14.6 Å². The Morgan fingerprint density at radius 2 is 2.08 bits per heavy atom. The number of carboxylic acid groups (broad SMARTS) is 1. The van der Waals surface area contributed by atoms with E-state index in [0.29, 0.717) is 43.4 Å². The van der Waals surface area contributed by atoms with Crippen molar-refractivity contribution in [2.24, 2.45) is 0 Å². The molecule has 1 fully saturated rings. The van der Waals surface area contributed by atoms with Crippen molar-refractivity contribution in [1.82, 2.24) is 25.1 Å². The van der Waals surface area contributed by atoms with E-state index in [9.17, 15) is 14.7 Å². The highest BCUT2D eigenvalue weighted by molar-refractivity contribution is 6.30. The highest BCUT2D eigenvalue weighted by atomic mass is 35.5.